The molecule has 0 aliphatic carbocycles. The fourth-order valence-corrected chi connectivity index (χ4v) is 3.76. The Morgan fingerprint density at radius 3 is 2.63 bits per heavy atom. The zero-order valence-electron chi connectivity index (χ0n) is 15.4. The van der Waals surface area contributed by atoms with E-state index in [-0.39, 0.29) is 10.9 Å². The fraction of sp³-hybridized carbons (Fsp3) is 0.278. The van der Waals surface area contributed by atoms with Gasteiger partial charge in [0.15, 0.2) is 0 Å². The lowest BCUT2D eigenvalue weighted by Crippen LogP contribution is -2.25. The molecule has 0 aliphatic rings. The Morgan fingerprint density at radius 1 is 1.20 bits per heavy atom. The number of hydrogen-bond acceptors (Lipinski definition) is 7. The van der Waals surface area contributed by atoms with Crippen LogP contribution in [0.2, 0.25) is 0 Å². The van der Waals surface area contributed by atoms with E-state index in [1.165, 1.54) is 0 Å². The fourth-order valence-electron chi connectivity index (χ4n) is 2.64. The molecular weight excluding hydrogens is 421 g/mol. The van der Waals surface area contributed by atoms with Crippen molar-refractivity contribution in [3.63, 3.8) is 0 Å². The monoisotopic (exact) mass is 438 g/mol. The van der Waals surface area contributed by atoms with E-state index in [2.05, 4.69) is 20.3 Å². The number of nitrogens with zero attached hydrogens (tertiary/aromatic N) is 3. The number of fused-ring (bicyclic) bond motifs is 1. The van der Waals surface area contributed by atoms with Crippen molar-refractivity contribution in [2.75, 3.05) is 13.1 Å². The highest BCUT2D eigenvalue weighted by molar-refractivity contribution is 7.18. The number of halogens is 3. The minimum Gasteiger partial charge on any atom is -0.369 e. The molecule has 3 aromatic rings. The number of carbonyl (C=O) groups excluding carboxylic acids is 2. The van der Waals surface area contributed by atoms with Gasteiger partial charge in [-0.2, -0.15) is 13.2 Å². The highest BCUT2D eigenvalue weighted by atomic mass is 32.1. The van der Waals surface area contributed by atoms with Crippen molar-refractivity contribution in [2.45, 2.75) is 18.5 Å². The lowest BCUT2D eigenvalue weighted by molar-refractivity contribution is -0.141. The topological polar surface area (TPSA) is 137 Å². The van der Waals surface area contributed by atoms with E-state index in [0.29, 0.717) is 41.4 Å². The second-order valence-corrected chi connectivity index (χ2v) is 7.33. The molecule has 2 heterocycles. The zero-order chi connectivity index (χ0) is 21.9. The Bertz CT molecular complexity index is 1090. The third-order valence-electron chi connectivity index (χ3n) is 4.09. The number of amides is 2. The molecule has 1 atom stereocenters. The van der Waals surface area contributed by atoms with Crippen LogP contribution in [-0.2, 0) is 11.0 Å². The first kappa shape index (κ1) is 21.6. The molecule has 0 fully saturated rings. The Hall–Kier alpha value is -3.12. The molecule has 2 aromatic heterocycles. The van der Waals surface area contributed by atoms with Gasteiger partial charge in [-0.25, -0.2) is 15.0 Å². The van der Waals surface area contributed by atoms with E-state index in [9.17, 15) is 22.8 Å². The highest BCUT2D eigenvalue weighted by Crippen LogP contribution is 2.33. The van der Waals surface area contributed by atoms with Gasteiger partial charge < -0.3 is 16.8 Å². The van der Waals surface area contributed by atoms with Crippen LogP contribution < -0.4 is 16.8 Å². The van der Waals surface area contributed by atoms with Gasteiger partial charge in [-0.1, -0.05) is 0 Å². The second kappa shape index (κ2) is 8.71. The average Bonchev–Trinajstić information content (AvgIpc) is 3.10. The van der Waals surface area contributed by atoms with Crippen LogP contribution in [0.4, 0.5) is 13.2 Å². The summed E-state index contributed by atoms with van der Waals surface area (Å²) in [6.07, 6.45) is -3.15. The summed E-state index contributed by atoms with van der Waals surface area (Å²) in [5.41, 5.74) is 10.5. The number of primary amides is 1. The van der Waals surface area contributed by atoms with Crippen LogP contribution in [0, 0.1) is 0 Å². The number of carbonyl (C=O) groups is 2. The van der Waals surface area contributed by atoms with E-state index in [0.717, 1.165) is 17.5 Å². The van der Waals surface area contributed by atoms with Gasteiger partial charge in [0.05, 0.1) is 10.2 Å². The predicted molar refractivity (Wildman–Crippen MR) is 104 cm³/mol. The van der Waals surface area contributed by atoms with Gasteiger partial charge in [0.1, 0.15) is 22.4 Å². The van der Waals surface area contributed by atoms with Gasteiger partial charge in [-0.05, 0) is 37.2 Å². The van der Waals surface area contributed by atoms with Crippen LogP contribution in [-0.4, -0.2) is 39.9 Å². The molecule has 158 valence electrons. The van der Waals surface area contributed by atoms with Crippen LogP contribution in [0.3, 0.4) is 0 Å². The molecule has 30 heavy (non-hydrogen) atoms. The summed E-state index contributed by atoms with van der Waals surface area (Å²) in [4.78, 5) is 35.7. The van der Waals surface area contributed by atoms with Crippen LogP contribution in [0.5, 0.6) is 0 Å². The summed E-state index contributed by atoms with van der Waals surface area (Å²) in [6, 6.07) is 5.43. The molecule has 0 saturated heterocycles. The lowest BCUT2D eigenvalue weighted by Gasteiger charge is -2.11. The van der Waals surface area contributed by atoms with E-state index < -0.39 is 29.5 Å². The molecule has 0 radical (unpaired) electrons. The number of thiazole rings is 1. The smallest absolute Gasteiger partial charge is 0.369 e. The Labute approximate surface area is 172 Å². The molecule has 1 aromatic carbocycles. The van der Waals surface area contributed by atoms with Gasteiger partial charge in [0.2, 0.25) is 5.91 Å². The summed E-state index contributed by atoms with van der Waals surface area (Å²) in [6.45, 7) is 0.877. The largest absolute Gasteiger partial charge is 0.433 e. The third-order valence-corrected chi connectivity index (χ3v) is 5.17. The van der Waals surface area contributed by atoms with Gasteiger partial charge in [0.25, 0.3) is 5.91 Å². The molecule has 8 nitrogen and oxygen atoms in total. The number of benzene rings is 1. The zero-order valence-corrected chi connectivity index (χ0v) is 16.3. The van der Waals surface area contributed by atoms with Crippen molar-refractivity contribution in [1.82, 2.24) is 20.3 Å². The first-order valence-electron chi connectivity index (χ1n) is 8.79. The van der Waals surface area contributed by atoms with Crippen molar-refractivity contribution in [3.05, 3.63) is 52.6 Å². The minimum atomic E-state index is -4.69. The van der Waals surface area contributed by atoms with E-state index >= 15 is 0 Å². The summed E-state index contributed by atoms with van der Waals surface area (Å²) in [5, 5.41) is 2.86. The normalized spacial score (nSPS) is 12.7. The number of hydrogen-bond donors (Lipinski definition) is 3. The number of aromatic nitrogens is 3. The van der Waals surface area contributed by atoms with Crippen LogP contribution >= 0.6 is 11.3 Å². The summed E-state index contributed by atoms with van der Waals surface area (Å²) >= 11 is 1.03. The summed E-state index contributed by atoms with van der Waals surface area (Å²) in [5.74, 6) is -2.98. The van der Waals surface area contributed by atoms with Crippen LogP contribution in [0.15, 0.2) is 30.5 Å². The molecule has 0 bridgehead atoms. The van der Waals surface area contributed by atoms with Crippen molar-refractivity contribution in [3.8, 4) is 0 Å². The Balaban J connectivity index is 1.95. The van der Waals surface area contributed by atoms with Crippen molar-refractivity contribution in [2.24, 2.45) is 11.5 Å². The average molecular weight is 438 g/mol. The van der Waals surface area contributed by atoms with Gasteiger partial charge >= 0.3 is 6.18 Å². The van der Waals surface area contributed by atoms with E-state index in [4.69, 9.17) is 11.5 Å². The maximum absolute atomic E-state index is 13.0. The van der Waals surface area contributed by atoms with Crippen molar-refractivity contribution in [1.29, 1.82) is 0 Å². The Kier molecular flexibility index (Phi) is 6.27. The molecular formula is C18H17F3N6O2S. The first-order chi connectivity index (χ1) is 14.2. The number of nitrogens with two attached hydrogens (primary N) is 2. The molecule has 1 unspecified atom stereocenters. The maximum atomic E-state index is 13.0. The van der Waals surface area contributed by atoms with Gasteiger partial charge in [-0.15, -0.1) is 11.3 Å². The Morgan fingerprint density at radius 2 is 1.97 bits per heavy atom. The van der Waals surface area contributed by atoms with Gasteiger partial charge in [0, 0.05) is 18.3 Å². The van der Waals surface area contributed by atoms with Crippen LogP contribution in [0.1, 0.15) is 39.2 Å². The summed E-state index contributed by atoms with van der Waals surface area (Å²) in [7, 11) is 0. The van der Waals surface area contributed by atoms with Crippen molar-refractivity contribution < 1.29 is 22.8 Å². The maximum Gasteiger partial charge on any atom is 0.433 e. The second-order valence-electron chi connectivity index (χ2n) is 6.27. The minimum absolute atomic E-state index is 0.137. The van der Waals surface area contributed by atoms with Gasteiger partial charge in [-0.3, -0.25) is 9.59 Å². The molecule has 2 amide bonds. The molecule has 0 saturated carbocycles. The SMILES string of the molecule is NCCCNC(=O)c1ccc2nc(C(C(N)=O)c3nccc(C(F)(F)F)n3)sc2c1. The highest BCUT2D eigenvalue weighted by Gasteiger charge is 2.35. The quantitative estimate of drug-likeness (QED) is 0.481. The lowest BCUT2D eigenvalue weighted by atomic mass is 10.1. The van der Waals surface area contributed by atoms with Crippen molar-refractivity contribution >= 4 is 33.4 Å². The number of rotatable bonds is 7. The van der Waals surface area contributed by atoms with E-state index in [1.807, 2.05) is 0 Å². The number of nitrogens with one attached hydrogen (secondary N) is 1. The molecule has 12 heteroatoms. The first-order valence-corrected chi connectivity index (χ1v) is 9.60. The van der Waals surface area contributed by atoms with E-state index in [1.54, 1.807) is 18.2 Å². The standard InChI is InChI=1S/C18H17F3N6O2S/c19-18(20,21)12-4-7-24-15(27-12)13(14(23)28)17-26-10-3-2-9(8-11(10)30-17)16(29)25-6-1-5-22/h2-4,7-8,13H,1,5-6,22H2,(H2,23,28)(H,25,29). The predicted octanol–water partition coefficient (Wildman–Crippen LogP) is 1.80. The molecule has 0 spiro atoms. The molecule has 3 rings (SSSR count). The molecule has 0 aliphatic heterocycles. The summed E-state index contributed by atoms with van der Waals surface area (Å²) < 4.78 is 39.5. The molecule has 5 N–H and O–H groups in total. The van der Waals surface area contributed by atoms with Crippen LogP contribution in [0.25, 0.3) is 10.2 Å². The number of alkyl halides is 3. The third kappa shape index (κ3) is 4.71.